The lowest BCUT2D eigenvalue weighted by atomic mass is 10.2. The van der Waals surface area contributed by atoms with E-state index in [4.69, 9.17) is 10.2 Å². The zero-order chi connectivity index (χ0) is 13.0. The fraction of sp³-hybridized carbons (Fsp3) is 0.333. The maximum absolute atomic E-state index is 5.74. The standard InChI is InChI=1S/C15H20N2O/c1-3-17(14-7-5-4-6-8-14)11-15-9-13(10-16)12(2)18-15/h4-9H,3,10-11,16H2,1-2H3. The predicted octanol–water partition coefficient (Wildman–Crippen LogP) is 3.07. The van der Waals surface area contributed by atoms with Gasteiger partial charge in [-0.05, 0) is 32.0 Å². The molecule has 18 heavy (non-hydrogen) atoms. The largest absolute Gasteiger partial charge is 0.464 e. The Morgan fingerprint density at radius 2 is 1.94 bits per heavy atom. The first kappa shape index (κ1) is 12.7. The highest BCUT2D eigenvalue weighted by Crippen LogP contribution is 2.20. The number of para-hydroxylation sites is 1. The molecular formula is C15H20N2O. The Morgan fingerprint density at radius 1 is 1.22 bits per heavy atom. The van der Waals surface area contributed by atoms with Crippen LogP contribution in [0.1, 0.15) is 24.0 Å². The molecule has 0 saturated carbocycles. The van der Waals surface area contributed by atoms with Crippen LogP contribution in [0.2, 0.25) is 0 Å². The van der Waals surface area contributed by atoms with Crippen LogP contribution in [0.4, 0.5) is 5.69 Å². The fourth-order valence-corrected chi connectivity index (χ4v) is 2.08. The maximum atomic E-state index is 5.74. The molecule has 0 saturated heterocycles. The molecule has 96 valence electrons. The van der Waals surface area contributed by atoms with Gasteiger partial charge in [-0.25, -0.2) is 0 Å². The van der Waals surface area contributed by atoms with Crippen molar-refractivity contribution < 1.29 is 4.42 Å². The first-order chi connectivity index (χ1) is 8.74. The third kappa shape index (κ3) is 2.74. The Labute approximate surface area is 108 Å². The first-order valence-electron chi connectivity index (χ1n) is 6.32. The molecule has 0 unspecified atom stereocenters. The Bertz CT molecular complexity index is 490. The van der Waals surface area contributed by atoms with Crippen LogP contribution in [0.25, 0.3) is 0 Å². The van der Waals surface area contributed by atoms with Crippen molar-refractivity contribution in [3.63, 3.8) is 0 Å². The van der Waals surface area contributed by atoms with Gasteiger partial charge in [0.05, 0.1) is 6.54 Å². The van der Waals surface area contributed by atoms with Crippen LogP contribution in [0.3, 0.4) is 0 Å². The van der Waals surface area contributed by atoms with Crippen LogP contribution in [-0.4, -0.2) is 6.54 Å². The van der Waals surface area contributed by atoms with Gasteiger partial charge in [0.1, 0.15) is 11.5 Å². The third-order valence-corrected chi connectivity index (χ3v) is 3.14. The summed E-state index contributed by atoms with van der Waals surface area (Å²) in [6.45, 7) is 6.37. The summed E-state index contributed by atoms with van der Waals surface area (Å²) < 4.78 is 5.74. The van der Waals surface area contributed by atoms with Crippen molar-refractivity contribution in [2.75, 3.05) is 11.4 Å². The van der Waals surface area contributed by atoms with Crippen molar-refractivity contribution >= 4 is 5.69 Å². The second-order valence-corrected chi connectivity index (χ2v) is 4.35. The number of nitrogens with zero attached hydrogens (tertiary/aromatic N) is 1. The second-order valence-electron chi connectivity index (χ2n) is 4.35. The van der Waals surface area contributed by atoms with E-state index in [0.717, 1.165) is 30.2 Å². The molecule has 0 spiro atoms. The molecule has 2 rings (SSSR count). The molecular weight excluding hydrogens is 224 g/mol. The minimum atomic E-state index is 0.535. The van der Waals surface area contributed by atoms with Gasteiger partial charge < -0.3 is 15.1 Å². The normalized spacial score (nSPS) is 10.6. The van der Waals surface area contributed by atoms with E-state index < -0.39 is 0 Å². The number of benzene rings is 1. The minimum absolute atomic E-state index is 0.535. The molecule has 3 heteroatoms. The Balaban J connectivity index is 2.15. The monoisotopic (exact) mass is 244 g/mol. The van der Waals surface area contributed by atoms with E-state index in [2.05, 4.69) is 42.2 Å². The summed E-state index contributed by atoms with van der Waals surface area (Å²) in [5.74, 6) is 1.90. The summed E-state index contributed by atoms with van der Waals surface area (Å²) in [7, 11) is 0. The second kappa shape index (κ2) is 5.74. The van der Waals surface area contributed by atoms with E-state index in [0.29, 0.717) is 6.54 Å². The molecule has 1 aromatic carbocycles. The van der Waals surface area contributed by atoms with Crippen LogP contribution in [-0.2, 0) is 13.1 Å². The lowest BCUT2D eigenvalue weighted by Crippen LogP contribution is -2.21. The highest BCUT2D eigenvalue weighted by atomic mass is 16.3. The van der Waals surface area contributed by atoms with E-state index in [1.54, 1.807) is 0 Å². The van der Waals surface area contributed by atoms with Crippen LogP contribution in [0.5, 0.6) is 0 Å². The summed E-state index contributed by atoms with van der Waals surface area (Å²) in [5, 5.41) is 0. The van der Waals surface area contributed by atoms with E-state index in [-0.39, 0.29) is 0 Å². The van der Waals surface area contributed by atoms with Gasteiger partial charge in [0.15, 0.2) is 0 Å². The van der Waals surface area contributed by atoms with Gasteiger partial charge in [-0.15, -0.1) is 0 Å². The molecule has 0 fully saturated rings. The van der Waals surface area contributed by atoms with Gasteiger partial charge in [-0.2, -0.15) is 0 Å². The number of nitrogens with two attached hydrogens (primary N) is 1. The number of furan rings is 1. The quantitative estimate of drug-likeness (QED) is 0.879. The zero-order valence-electron chi connectivity index (χ0n) is 11.0. The highest BCUT2D eigenvalue weighted by Gasteiger charge is 2.10. The third-order valence-electron chi connectivity index (χ3n) is 3.14. The van der Waals surface area contributed by atoms with Crippen molar-refractivity contribution in [2.24, 2.45) is 5.73 Å². The summed E-state index contributed by atoms with van der Waals surface area (Å²) in [4.78, 5) is 2.28. The van der Waals surface area contributed by atoms with Crippen LogP contribution in [0, 0.1) is 6.92 Å². The predicted molar refractivity (Wildman–Crippen MR) is 74.5 cm³/mol. The number of aryl methyl sites for hydroxylation is 1. The molecule has 0 radical (unpaired) electrons. The van der Waals surface area contributed by atoms with Gasteiger partial charge in [-0.1, -0.05) is 18.2 Å². The van der Waals surface area contributed by atoms with Crippen molar-refractivity contribution in [3.05, 3.63) is 53.5 Å². The molecule has 0 aliphatic heterocycles. The Morgan fingerprint density at radius 3 is 2.50 bits per heavy atom. The minimum Gasteiger partial charge on any atom is -0.464 e. The molecule has 0 aliphatic carbocycles. The topological polar surface area (TPSA) is 42.4 Å². The van der Waals surface area contributed by atoms with Gasteiger partial charge in [0, 0.05) is 24.3 Å². The number of hydrogen-bond acceptors (Lipinski definition) is 3. The van der Waals surface area contributed by atoms with E-state index >= 15 is 0 Å². The van der Waals surface area contributed by atoms with Gasteiger partial charge in [-0.3, -0.25) is 0 Å². The Kier molecular flexibility index (Phi) is 4.05. The molecule has 2 aromatic rings. The lowest BCUT2D eigenvalue weighted by Gasteiger charge is -2.21. The summed E-state index contributed by atoms with van der Waals surface area (Å²) in [6.07, 6.45) is 0. The molecule has 1 heterocycles. The molecule has 1 aromatic heterocycles. The molecule has 0 atom stereocenters. The smallest absolute Gasteiger partial charge is 0.123 e. The number of rotatable bonds is 5. The number of hydrogen-bond donors (Lipinski definition) is 1. The van der Waals surface area contributed by atoms with E-state index in [9.17, 15) is 0 Å². The highest BCUT2D eigenvalue weighted by molar-refractivity contribution is 5.46. The SMILES string of the molecule is CCN(Cc1cc(CN)c(C)o1)c1ccccc1. The average molecular weight is 244 g/mol. The van der Waals surface area contributed by atoms with Gasteiger partial charge in [0.2, 0.25) is 0 Å². The Hall–Kier alpha value is -1.74. The molecule has 0 bridgehead atoms. The lowest BCUT2D eigenvalue weighted by molar-refractivity contribution is 0.476. The van der Waals surface area contributed by atoms with Crippen LogP contribution >= 0.6 is 0 Å². The molecule has 0 aliphatic rings. The molecule has 2 N–H and O–H groups in total. The van der Waals surface area contributed by atoms with Gasteiger partial charge in [0.25, 0.3) is 0 Å². The van der Waals surface area contributed by atoms with E-state index in [1.165, 1.54) is 5.69 Å². The first-order valence-corrected chi connectivity index (χ1v) is 6.32. The van der Waals surface area contributed by atoms with Crippen molar-refractivity contribution in [1.82, 2.24) is 0 Å². The van der Waals surface area contributed by atoms with Crippen LogP contribution < -0.4 is 10.6 Å². The zero-order valence-corrected chi connectivity index (χ0v) is 11.0. The molecule has 3 nitrogen and oxygen atoms in total. The summed E-state index contributed by atoms with van der Waals surface area (Å²) >= 11 is 0. The molecule has 0 amide bonds. The van der Waals surface area contributed by atoms with Crippen molar-refractivity contribution in [2.45, 2.75) is 26.9 Å². The fourth-order valence-electron chi connectivity index (χ4n) is 2.08. The summed E-state index contributed by atoms with van der Waals surface area (Å²) in [6, 6.07) is 12.4. The van der Waals surface area contributed by atoms with Gasteiger partial charge >= 0.3 is 0 Å². The van der Waals surface area contributed by atoms with E-state index in [1.807, 2.05) is 13.0 Å². The van der Waals surface area contributed by atoms with Crippen molar-refractivity contribution in [3.8, 4) is 0 Å². The van der Waals surface area contributed by atoms with Crippen molar-refractivity contribution in [1.29, 1.82) is 0 Å². The maximum Gasteiger partial charge on any atom is 0.123 e. The van der Waals surface area contributed by atoms with Crippen LogP contribution in [0.15, 0.2) is 40.8 Å². The summed E-state index contributed by atoms with van der Waals surface area (Å²) in [5.41, 5.74) is 7.97. The number of anilines is 1. The average Bonchev–Trinajstić information content (AvgIpc) is 2.77.